The molecule has 2 aromatic carbocycles. The lowest BCUT2D eigenvalue weighted by atomic mass is 10.1. The summed E-state index contributed by atoms with van der Waals surface area (Å²) in [6, 6.07) is 14.7. The molecule has 0 atom stereocenters. The van der Waals surface area contributed by atoms with Crippen LogP contribution in [-0.4, -0.2) is 36.2 Å². The summed E-state index contributed by atoms with van der Waals surface area (Å²) in [5.41, 5.74) is 1.17. The minimum atomic E-state index is -4.30. The first kappa shape index (κ1) is 19.8. The van der Waals surface area contributed by atoms with Crippen molar-refractivity contribution in [1.29, 1.82) is 0 Å². The number of hydrogen-bond donors (Lipinski definition) is 0. The number of piperazine rings is 1. The van der Waals surface area contributed by atoms with Gasteiger partial charge in [0.2, 0.25) is 0 Å². The quantitative estimate of drug-likeness (QED) is 0.569. The molecule has 1 fully saturated rings. The summed E-state index contributed by atoms with van der Waals surface area (Å²) in [6.07, 6.45) is -4.30. The molecular formula is C21H19ClF3N3O. The number of nitrogens with zero attached hydrogens (tertiary/aromatic N) is 3. The Bertz CT molecular complexity index is 947. The zero-order chi connectivity index (χ0) is 20.4. The first-order valence-electron chi connectivity index (χ1n) is 9.24. The molecule has 1 aliphatic rings. The lowest BCUT2D eigenvalue weighted by Crippen LogP contribution is -2.46. The lowest BCUT2D eigenvalue weighted by Gasteiger charge is -2.34. The summed E-state index contributed by atoms with van der Waals surface area (Å²) in [4.78, 5) is 4.37. The molecule has 3 aromatic rings. The van der Waals surface area contributed by atoms with Crippen molar-refractivity contribution in [3.05, 3.63) is 70.7 Å². The monoisotopic (exact) mass is 421 g/mol. The van der Waals surface area contributed by atoms with Crippen LogP contribution in [0.4, 0.5) is 19.0 Å². The fourth-order valence-electron chi connectivity index (χ4n) is 3.36. The van der Waals surface area contributed by atoms with E-state index < -0.39 is 11.7 Å². The first-order chi connectivity index (χ1) is 13.9. The van der Waals surface area contributed by atoms with Gasteiger partial charge in [-0.2, -0.15) is 13.2 Å². The highest BCUT2D eigenvalue weighted by Gasteiger charge is 2.30. The van der Waals surface area contributed by atoms with E-state index in [-0.39, 0.29) is 0 Å². The van der Waals surface area contributed by atoms with E-state index in [0.29, 0.717) is 17.3 Å². The van der Waals surface area contributed by atoms with Gasteiger partial charge in [-0.25, -0.2) is 0 Å². The van der Waals surface area contributed by atoms with Crippen LogP contribution in [0.15, 0.2) is 59.1 Å². The van der Waals surface area contributed by atoms with Crippen molar-refractivity contribution in [2.45, 2.75) is 12.7 Å². The summed E-state index contributed by atoms with van der Waals surface area (Å²) < 4.78 is 43.5. The Balaban J connectivity index is 1.33. The fourth-order valence-corrected chi connectivity index (χ4v) is 3.48. The van der Waals surface area contributed by atoms with Crippen LogP contribution in [0, 0.1) is 0 Å². The minimum Gasteiger partial charge on any atom is -0.354 e. The van der Waals surface area contributed by atoms with Gasteiger partial charge >= 0.3 is 6.18 Å². The molecule has 0 unspecified atom stereocenters. The van der Waals surface area contributed by atoms with Crippen molar-refractivity contribution in [1.82, 2.24) is 10.1 Å². The Hall–Kier alpha value is -2.51. The molecule has 1 saturated heterocycles. The van der Waals surface area contributed by atoms with Crippen molar-refractivity contribution in [3.8, 4) is 11.3 Å². The van der Waals surface area contributed by atoms with Crippen molar-refractivity contribution in [3.63, 3.8) is 0 Å². The average Bonchev–Trinajstić information content (AvgIpc) is 3.19. The molecule has 4 rings (SSSR count). The fraction of sp³-hybridized carbons (Fsp3) is 0.286. The van der Waals surface area contributed by atoms with Crippen LogP contribution < -0.4 is 4.90 Å². The van der Waals surface area contributed by atoms with Crippen LogP contribution in [0.5, 0.6) is 0 Å². The van der Waals surface area contributed by atoms with Crippen molar-refractivity contribution < 1.29 is 17.7 Å². The zero-order valence-electron chi connectivity index (χ0n) is 15.5. The van der Waals surface area contributed by atoms with Gasteiger partial charge in [0.25, 0.3) is 0 Å². The highest BCUT2D eigenvalue weighted by atomic mass is 35.5. The van der Waals surface area contributed by atoms with Gasteiger partial charge in [-0.1, -0.05) is 28.9 Å². The van der Waals surface area contributed by atoms with E-state index in [2.05, 4.69) is 15.0 Å². The molecule has 0 spiro atoms. The number of hydrogen-bond acceptors (Lipinski definition) is 4. The normalized spacial score (nSPS) is 15.7. The van der Waals surface area contributed by atoms with Gasteiger partial charge < -0.3 is 9.42 Å². The van der Waals surface area contributed by atoms with Crippen LogP contribution in [0.2, 0.25) is 5.02 Å². The van der Waals surface area contributed by atoms with E-state index in [4.69, 9.17) is 16.1 Å². The SMILES string of the molecule is FC(F)(F)c1ccc(CN2CCN(c3cc(-c4ccc(Cl)cc4)on3)CC2)cc1. The Labute approximate surface area is 171 Å². The third-order valence-corrected chi connectivity index (χ3v) is 5.26. The minimum absolute atomic E-state index is 0.617. The smallest absolute Gasteiger partial charge is 0.354 e. The summed E-state index contributed by atoms with van der Waals surface area (Å²) in [5, 5.41) is 4.84. The second-order valence-corrected chi connectivity index (χ2v) is 7.45. The molecule has 0 aliphatic carbocycles. The third kappa shape index (κ3) is 4.74. The summed E-state index contributed by atoms with van der Waals surface area (Å²) in [5.74, 6) is 1.47. The topological polar surface area (TPSA) is 32.5 Å². The van der Waals surface area contributed by atoms with E-state index >= 15 is 0 Å². The summed E-state index contributed by atoms with van der Waals surface area (Å²) in [7, 11) is 0. The van der Waals surface area contributed by atoms with Gasteiger partial charge in [0.15, 0.2) is 11.6 Å². The van der Waals surface area contributed by atoms with Gasteiger partial charge in [0, 0.05) is 49.4 Å². The number of rotatable bonds is 4. The van der Waals surface area contributed by atoms with E-state index in [9.17, 15) is 13.2 Å². The molecule has 1 aromatic heterocycles. The molecule has 0 N–H and O–H groups in total. The van der Waals surface area contributed by atoms with Gasteiger partial charge in [-0.15, -0.1) is 0 Å². The van der Waals surface area contributed by atoms with Gasteiger partial charge in [0.1, 0.15) is 0 Å². The first-order valence-corrected chi connectivity index (χ1v) is 9.62. The highest BCUT2D eigenvalue weighted by Crippen LogP contribution is 2.29. The molecule has 8 heteroatoms. The molecule has 1 aliphatic heterocycles. The molecule has 4 nitrogen and oxygen atoms in total. The standard InChI is InChI=1S/C21H19ClF3N3O/c22-18-7-3-16(4-8-18)19-13-20(26-29-19)28-11-9-27(10-12-28)14-15-1-5-17(6-2-15)21(23,24)25/h1-8,13H,9-12,14H2. The Morgan fingerprint density at radius 3 is 2.21 bits per heavy atom. The molecular weight excluding hydrogens is 403 g/mol. The van der Waals surface area contributed by atoms with E-state index in [1.165, 1.54) is 0 Å². The maximum atomic E-state index is 12.7. The number of benzene rings is 2. The third-order valence-electron chi connectivity index (χ3n) is 5.01. The predicted octanol–water partition coefficient (Wildman–Crippen LogP) is 5.34. The van der Waals surface area contributed by atoms with Crippen LogP contribution in [-0.2, 0) is 12.7 Å². The second-order valence-electron chi connectivity index (χ2n) is 7.01. The number of alkyl halides is 3. The van der Waals surface area contributed by atoms with Crippen LogP contribution in [0.25, 0.3) is 11.3 Å². The second kappa shape index (κ2) is 8.08. The molecule has 152 valence electrons. The molecule has 0 amide bonds. The van der Waals surface area contributed by atoms with E-state index in [1.807, 2.05) is 18.2 Å². The van der Waals surface area contributed by atoms with Gasteiger partial charge in [-0.05, 0) is 42.0 Å². The molecule has 0 saturated carbocycles. The van der Waals surface area contributed by atoms with Crippen LogP contribution in [0.3, 0.4) is 0 Å². The Kier molecular flexibility index (Phi) is 5.52. The molecule has 2 heterocycles. The molecule has 0 radical (unpaired) electrons. The summed E-state index contributed by atoms with van der Waals surface area (Å²) in [6.45, 7) is 3.76. The van der Waals surface area contributed by atoms with Gasteiger partial charge in [0.05, 0.1) is 5.56 Å². The Morgan fingerprint density at radius 1 is 0.931 bits per heavy atom. The number of halogens is 4. The largest absolute Gasteiger partial charge is 0.416 e. The van der Waals surface area contributed by atoms with E-state index in [0.717, 1.165) is 55.3 Å². The average molecular weight is 422 g/mol. The zero-order valence-corrected chi connectivity index (χ0v) is 16.2. The van der Waals surface area contributed by atoms with Crippen molar-refractivity contribution in [2.24, 2.45) is 0 Å². The number of anilines is 1. The lowest BCUT2D eigenvalue weighted by molar-refractivity contribution is -0.137. The predicted molar refractivity (Wildman–Crippen MR) is 106 cm³/mol. The maximum absolute atomic E-state index is 12.7. The van der Waals surface area contributed by atoms with Crippen molar-refractivity contribution >= 4 is 17.4 Å². The molecule has 29 heavy (non-hydrogen) atoms. The van der Waals surface area contributed by atoms with Crippen LogP contribution >= 0.6 is 11.6 Å². The number of aromatic nitrogens is 1. The molecule has 0 bridgehead atoms. The van der Waals surface area contributed by atoms with Crippen molar-refractivity contribution in [2.75, 3.05) is 31.1 Å². The highest BCUT2D eigenvalue weighted by molar-refractivity contribution is 6.30. The summed E-state index contributed by atoms with van der Waals surface area (Å²) >= 11 is 5.92. The van der Waals surface area contributed by atoms with Gasteiger partial charge in [-0.3, -0.25) is 4.90 Å². The maximum Gasteiger partial charge on any atom is 0.416 e. The van der Waals surface area contributed by atoms with E-state index in [1.54, 1.807) is 24.3 Å². The van der Waals surface area contributed by atoms with Crippen LogP contribution in [0.1, 0.15) is 11.1 Å². The Morgan fingerprint density at radius 2 is 1.59 bits per heavy atom.